The molecule has 0 spiro atoms. The van der Waals surface area contributed by atoms with Gasteiger partial charge in [-0.2, -0.15) is 5.10 Å². The Hall–Kier alpha value is -2.98. The molecule has 0 saturated heterocycles. The first kappa shape index (κ1) is 16.9. The van der Waals surface area contributed by atoms with Gasteiger partial charge in [-0.05, 0) is 31.3 Å². The third-order valence-electron chi connectivity index (χ3n) is 3.37. The molecule has 0 radical (unpaired) electrons. The highest BCUT2D eigenvalue weighted by Crippen LogP contribution is 2.14. The molecule has 9 nitrogen and oxygen atoms in total. The maximum atomic E-state index is 12.2. The fraction of sp³-hybridized carbons (Fsp3) is 0.133. The van der Waals surface area contributed by atoms with Crippen LogP contribution in [0.25, 0.3) is 5.82 Å². The summed E-state index contributed by atoms with van der Waals surface area (Å²) in [5, 5.41) is 6.47. The van der Waals surface area contributed by atoms with Crippen LogP contribution in [0.2, 0.25) is 0 Å². The maximum absolute atomic E-state index is 12.2. The van der Waals surface area contributed by atoms with Gasteiger partial charge in [-0.1, -0.05) is 6.07 Å². The second-order valence-corrected chi connectivity index (χ2v) is 6.76. The quantitative estimate of drug-likeness (QED) is 0.667. The van der Waals surface area contributed by atoms with E-state index in [1.807, 2.05) is 6.07 Å². The van der Waals surface area contributed by atoms with E-state index in [2.05, 4.69) is 20.1 Å². The first-order valence-electron chi connectivity index (χ1n) is 7.27. The van der Waals surface area contributed by atoms with Crippen molar-refractivity contribution in [2.45, 2.75) is 11.6 Å². The summed E-state index contributed by atoms with van der Waals surface area (Å²) in [7, 11) is -2.47. The Morgan fingerprint density at radius 2 is 2.08 bits per heavy atom. The summed E-state index contributed by atoms with van der Waals surface area (Å²) in [4.78, 5) is 16.4. The highest BCUT2D eigenvalue weighted by Gasteiger charge is 2.19. The number of rotatable bonds is 6. The van der Waals surface area contributed by atoms with Crippen molar-refractivity contribution < 1.29 is 17.6 Å². The van der Waals surface area contributed by atoms with Crippen molar-refractivity contribution in [2.24, 2.45) is 0 Å². The lowest BCUT2D eigenvalue weighted by Gasteiger charge is -2.09. The molecule has 0 bridgehead atoms. The number of hydrogen-bond donors (Lipinski definition) is 2. The minimum absolute atomic E-state index is 0.0987. The summed E-state index contributed by atoms with van der Waals surface area (Å²) in [6, 6.07) is 7.85. The highest BCUT2D eigenvalue weighted by atomic mass is 32.2. The average molecular weight is 361 g/mol. The van der Waals surface area contributed by atoms with Gasteiger partial charge in [-0.3, -0.25) is 4.79 Å². The molecule has 0 aromatic carbocycles. The van der Waals surface area contributed by atoms with Crippen LogP contribution >= 0.6 is 0 Å². The molecule has 3 heterocycles. The maximum Gasteiger partial charge on any atom is 0.287 e. The number of carbonyl (C=O) groups excluding carboxylic acids is 1. The van der Waals surface area contributed by atoms with Crippen molar-refractivity contribution in [3.8, 4) is 5.82 Å². The van der Waals surface area contributed by atoms with Gasteiger partial charge in [0, 0.05) is 30.7 Å². The summed E-state index contributed by atoms with van der Waals surface area (Å²) in [5.41, 5.74) is 0.745. The predicted octanol–water partition coefficient (Wildman–Crippen LogP) is 0.698. The van der Waals surface area contributed by atoms with Gasteiger partial charge in [0.15, 0.2) is 11.6 Å². The molecule has 130 valence electrons. The number of furan rings is 1. The van der Waals surface area contributed by atoms with E-state index in [4.69, 9.17) is 4.42 Å². The molecular weight excluding hydrogens is 346 g/mol. The number of aromatic nitrogens is 3. The molecule has 2 N–H and O–H groups in total. The third-order valence-corrected chi connectivity index (χ3v) is 4.65. The molecule has 3 aromatic heterocycles. The number of nitrogens with zero attached hydrogens (tertiary/aromatic N) is 3. The first-order valence-corrected chi connectivity index (χ1v) is 8.75. The minimum atomic E-state index is -3.73. The van der Waals surface area contributed by atoms with E-state index in [9.17, 15) is 13.2 Å². The monoisotopic (exact) mass is 361 g/mol. The molecule has 0 unspecified atom stereocenters. The minimum Gasteiger partial charge on any atom is -0.438 e. The standard InChI is InChI=1S/C15H15N5O4S/c1-16-25(22,23)13-6-5-12(24-13)15(21)18-10-11-4-2-7-17-14(11)20-9-3-8-19-20/h2-9,16H,10H2,1H3,(H,18,21). The normalized spacial score (nSPS) is 11.4. The van der Waals surface area contributed by atoms with Crippen LogP contribution in [0.4, 0.5) is 0 Å². The molecule has 0 fully saturated rings. The van der Waals surface area contributed by atoms with Crippen LogP contribution in [0.1, 0.15) is 16.1 Å². The zero-order valence-electron chi connectivity index (χ0n) is 13.2. The van der Waals surface area contributed by atoms with Crippen molar-refractivity contribution in [2.75, 3.05) is 7.05 Å². The number of carbonyl (C=O) groups is 1. The van der Waals surface area contributed by atoms with Crippen LogP contribution in [0, 0.1) is 0 Å². The zero-order valence-corrected chi connectivity index (χ0v) is 14.0. The van der Waals surface area contributed by atoms with Crippen LogP contribution in [-0.4, -0.2) is 36.1 Å². The molecule has 3 rings (SSSR count). The van der Waals surface area contributed by atoms with Crippen molar-refractivity contribution >= 4 is 15.9 Å². The number of amides is 1. The Balaban J connectivity index is 1.74. The first-order chi connectivity index (χ1) is 12.0. The summed E-state index contributed by atoms with van der Waals surface area (Å²) in [6.07, 6.45) is 5.00. The second kappa shape index (κ2) is 6.87. The van der Waals surface area contributed by atoms with Gasteiger partial charge in [0.2, 0.25) is 5.09 Å². The van der Waals surface area contributed by atoms with Crippen LogP contribution in [0.5, 0.6) is 0 Å². The molecule has 0 atom stereocenters. The van der Waals surface area contributed by atoms with E-state index in [1.165, 1.54) is 19.2 Å². The molecule has 0 aliphatic carbocycles. The van der Waals surface area contributed by atoms with E-state index in [-0.39, 0.29) is 17.4 Å². The molecule has 0 aliphatic rings. The predicted molar refractivity (Wildman–Crippen MR) is 87.5 cm³/mol. The van der Waals surface area contributed by atoms with Gasteiger partial charge in [0.25, 0.3) is 15.9 Å². The Labute approximate surface area is 143 Å². The third kappa shape index (κ3) is 3.59. The van der Waals surface area contributed by atoms with Crippen LogP contribution < -0.4 is 10.0 Å². The number of sulfonamides is 1. The van der Waals surface area contributed by atoms with Crippen molar-refractivity contribution in [1.29, 1.82) is 0 Å². The van der Waals surface area contributed by atoms with Gasteiger partial charge in [-0.25, -0.2) is 22.8 Å². The zero-order chi connectivity index (χ0) is 17.9. The Morgan fingerprint density at radius 1 is 1.24 bits per heavy atom. The van der Waals surface area contributed by atoms with E-state index in [0.717, 1.165) is 5.56 Å². The lowest BCUT2D eigenvalue weighted by atomic mass is 10.2. The molecule has 0 saturated carbocycles. The summed E-state index contributed by atoms with van der Waals surface area (Å²) in [6.45, 7) is 0.177. The Bertz CT molecular complexity index is 979. The van der Waals surface area contributed by atoms with Gasteiger partial charge in [-0.15, -0.1) is 0 Å². The van der Waals surface area contributed by atoms with Gasteiger partial charge >= 0.3 is 0 Å². The Morgan fingerprint density at radius 3 is 2.80 bits per heavy atom. The smallest absolute Gasteiger partial charge is 0.287 e. The van der Waals surface area contributed by atoms with Crippen LogP contribution in [-0.2, 0) is 16.6 Å². The topological polar surface area (TPSA) is 119 Å². The fourth-order valence-electron chi connectivity index (χ4n) is 2.12. The second-order valence-electron chi connectivity index (χ2n) is 4.95. The van der Waals surface area contributed by atoms with Gasteiger partial charge in [0.1, 0.15) is 0 Å². The Kier molecular flexibility index (Phi) is 4.63. The van der Waals surface area contributed by atoms with Crippen molar-refractivity contribution in [3.63, 3.8) is 0 Å². The van der Waals surface area contributed by atoms with Gasteiger partial charge in [0.05, 0.1) is 0 Å². The largest absolute Gasteiger partial charge is 0.438 e. The van der Waals surface area contributed by atoms with Crippen LogP contribution in [0.3, 0.4) is 0 Å². The SMILES string of the molecule is CNS(=O)(=O)c1ccc(C(=O)NCc2cccnc2-n2cccn2)o1. The lowest BCUT2D eigenvalue weighted by Crippen LogP contribution is -2.23. The van der Waals surface area contributed by atoms with Crippen molar-refractivity contribution in [3.05, 3.63) is 60.2 Å². The summed E-state index contributed by atoms with van der Waals surface area (Å²) < 4.78 is 32.1. The molecular formula is C15H15N5O4S. The highest BCUT2D eigenvalue weighted by molar-refractivity contribution is 7.89. The molecule has 1 amide bonds. The summed E-state index contributed by atoms with van der Waals surface area (Å²) in [5.74, 6) is -0.0446. The molecule has 25 heavy (non-hydrogen) atoms. The fourth-order valence-corrected chi connectivity index (χ4v) is 2.77. The molecule has 3 aromatic rings. The van der Waals surface area contributed by atoms with Crippen molar-refractivity contribution in [1.82, 2.24) is 24.8 Å². The van der Waals surface area contributed by atoms with Crippen LogP contribution in [0.15, 0.2) is 58.4 Å². The number of nitrogens with one attached hydrogen (secondary N) is 2. The summed E-state index contributed by atoms with van der Waals surface area (Å²) >= 11 is 0. The number of hydrogen-bond acceptors (Lipinski definition) is 6. The lowest BCUT2D eigenvalue weighted by molar-refractivity contribution is 0.0918. The molecule has 10 heteroatoms. The van der Waals surface area contributed by atoms with E-state index >= 15 is 0 Å². The number of pyridine rings is 1. The van der Waals surface area contributed by atoms with E-state index in [1.54, 1.807) is 35.4 Å². The van der Waals surface area contributed by atoms with E-state index in [0.29, 0.717) is 5.82 Å². The van der Waals surface area contributed by atoms with Gasteiger partial charge < -0.3 is 9.73 Å². The average Bonchev–Trinajstić information content (AvgIpc) is 3.31. The van der Waals surface area contributed by atoms with E-state index < -0.39 is 15.9 Å². The molecule has 0 aliphatic heterocycles.